The van der Waals surface area contributed by atoms with Gasteiger partial charge in [-0.1, -0.05) is 31.2 Å². The molecule has 0 bridgehead atoms. The molecule has 0 aliphatic heterocycles. The van der Waals surface area contributed by atoms with Gasteiger partial charge in [-0.15, -0.1) is 0 Å². The second kappa shape index (κ2) is 6.70. The molecule has 0 fully saturated rings. The van der Waals surface area contributed by atoms with Crippen LogP contribution in [0.5, 0.6) is 5.75 Å². The standard InChI is InChI=1S/C16H18N2O2/c1-2-12-7-5-9-17-14(12)11-18-16(20)10-13-6-3-4-8-15(13)19/h3-9,19H,2,10-11H2,1H3,(H,18,20). The van der Waals surface area contributed by atoms with Crippen molar-refractivity contribution in [1.82, 2.24) is 10.3 Å². The summed E-state index contributed by atoms with van der Waals surface area (Å²) in [7, 11) is 0. The molecule has 0 spiro atoms. The molecule has 104 valence electrons. The molecule has 0 saturated carbocycles. The van der Waals surface area contributed by atoms with Gasteiger partial charge in [-0.3, -0.25) is 9.78 Å². The highest BCUT2D eigenvalue weighted by Crippen LogP contribution is 2.16. The number of amides is 1. The number of rotatable bonds is 5. The Kier molecular flexibility index (Phi) is 4.71. The Bertz CT molecular complexity index is 597. The number of phenolic OH excluding ortho intramolecular Hbond substituents is 1. The van der Waals surface area contributed by atoms with Crippen LogP contribution in [0.3, 0.4) is 0 Å². The van der Waals surface area contributed by atoms with Gasteiger partial charge in [-0.2, -0.15) is 0 Å². The SMILES string of the molecule is CCc1cccnc1CNC(=O)Cc1ccccc1O. The fraction of sp³-hybridized carbons (Fsp3) is 0.250. The van der Waals surface area contributed by atoms with E-state index in [2.05, 4.69) is 17.2 Å². The number of para-hydroxylation sites is 1. The van der Waals surface area contributed by atoms with E-state index >= 15 is 0 Å². The number of aryl methyl sites for hydroxylation is 1. The Morgan fingerprint density at radius 2 is 1.95 bits per heavy atom. The number of aromatic hydroxyl groups is 1. The van der Waals surface area contributed by atoms with Crippen LogP contribution in [0.15, 0.2) is 42.6 Å². The lowest BCUT2D eigenvalue weighted by Gasteiger charge is -2.09. The Balaban J connectivity index is 1.94. The van der Waals surface area contributed by atoms with Crippen molar-refractivity contribution in [3.05, 3.63) is 59.4 Å². The van der Waals surface area contributed by atoms with E-state index < -0.39 is 0 Å². The predicted octanol–water partition coefficient (Wildman–Crippen LogP) is 2.21. The van der Waals surface area contributed by atoms with E-state index in [0.717, 1.165) is 17.7 Å². The van der Waals surface area contributed by atoms with Gasteiger partial charge in [0.2, 0.25) is 5.91 Å². The van der Waals surface area contributed by atoms with Crippen LogP contribution in [0.2, 0.25) is 0 Å². The summed E-state index contributed by atoms with van der Waals surface area (Å²) in [6.07, 6.45) is 2.78. The van der Waals surface area contributed by atoms with E-state index in [9.17, 15) is 9.90 Å². The van der Waals surface area contributed by atoms with Crippen LogP contribution in [0.25, 0.3) is 0 Å². The summed E-state index contributed by atoms with van der Waals surface area (Å²) in [5.41, 5.74) is 2.65. The summed E-state index contributed by atoms with van der Waals surface area (Å²) in [6.45, 7) is 2.47. The summed E-state index contributed by atoms with van der Waals surface area (Å²) in [6, 6.07) is 10.8. The quantitative estimate of drug-likeness (QED) is 0.875. The number of carbonyl (C=O) groups excluding carboxylic acids is 1. The van der Waals surface area contributed by atoms with Gasteiger partial charge < -0.3 is 10.4 Å². The van der Waals surface area contributed by atoms with Crippen LogP contribution >= 0.6 is 0 Å². The molecule has 1 aromatic heterocycles. The third kappa shape index (κ3) is 3.57. The summed E-state index contributed by atoms with van der Waals surface area (Å²) >= 11 is 0. The number of hydrogen-bond donors (Lipinski definition) is 2. The van der Waals surface area contributed by atoms with Crippen LogP contribution in [-0.4, -0.2) is 16.0 Å². The van der Waals surface area contributed by atoms with E-state index in [-0.39, 0.29) is 18.1 Å². The summed E-state index contributed by atoms with van der Waals surface area (Å²) < 4.78 is 0. The lowest BCUT2D eigenvalue weighted by Crippen LogP contribution is -2.25. The maximum atomic E-state index is 11.9. The molecule has 0 atom stereocenters. The average Bonchev–Trinajstić information content (AvgIpc) is 2.48. The lowest BCUT2D eigenvalue weighted by molar-refractivity contribution is -0.120. The van der Waals surface area contributed by atoms with Crippen molar-refractivity contribution in [2.24, 2.45) is 0 Å². The van der Waals surface area contributed by atoms with Crippen LogP contribution in [-0.2, 0) is 24.2 Å². The fourth-order valence-corrected chi connectivity index (χ4v) is 2.03. The van der Waals surface area contributed by atoms with Crippen LogP contribution in [0.1, 0.15) is 23.7 Å². The minimum atomic E-state index is -0.126. The summed E-state index contributed by atoms with van der Waals surface area (Å²) in [5, 5.41) is 12.5. The third-order valence-corrected chi connectivity index (χ3v) is 3.16. The highest BCUT2D eigenvalue weighted by atomic mass is 16.3. The van der Waals surface area contributed by atoms with Gasteiger partial charge in [0.1, 0.15) is 5.75 Å². The molecule has 4 nitrogen and oxygen atoms in total. The molecular weight excluding hydrogens is 252 g/mol. The summed E-state index contributed by atoms with van der Waals surface area (Å²) in [5.74, 6) is 0.0222. The average molecular weight is 270 g/mol. The second-order valence-electron chi connectivity index (χ2n) is 4.54. The number of phenols is 1. The molecule has 2 rings (SSSR count). The van der Waals surface area contributed by atoms with Gasteiger partial charge in [0.05, 0.1) is 18.7 Å². The van der Waals surface area contributed by atoms with E-state index in [0.29, 0.717) is 12.1 Å². The van der Waals surface area contributed by atoms with Crippen LogP contribution in [0.4, 0.5) is 0 Å². The first-order valence-corrected chi connectivity index (χ1v) is 6.67. The Morgan fingerprint density at radius 3 is 2.70 bits per heavy atom. The topological polar surface area (TPSA) is 62.2 Å². The summed E-state index contributed by atoms with van der Waals surface area (Å²) in [4.78, 5) is 16.2. The second-order valence-corrected chi connectivity index (χ2v) is 4.54. The molecule has 0 radical (unpaired) electrons. The van der Waals surface area contributed by atoms with Crippen molar-refractivity contribution in [2.45, 2.75) is 26.3 Å². The molecule has 20 heavy (non-hydrogen) atoms. The monoisotopic (exact) mass is 270 g/mol. The number of benzene rings is 1. The van der Waals surface area contributed by atoms with E-state index in [1.54, 1.807) is 30.5 Å². The molecule has 0 aliphatic rings. The number of carbonyl (C=O) groups is 1. The Hall–Kier alpha value is -2.36. The lowest BCUT2D eigenvalue weighted by atomic mass is 10.1. The molecule has 0 aliphatic carbocycles. The van der Waals surface area contributed by atoms with Gasteiger partial charge in [0, 0.05) is 11.8 Å². The van der Waals surface area contributed by atoms with Crippen LogP contribution in [0, 0.1) is 0 Å². The normalized spacial score (nSPS) is 10.2. The first-order chi connectivity index (χ1) is 9.70. The number of pyridine rings is 1. The van der Waals surface area contributed by atoms with Gasteiger partial charge >= 0.3 is 0 Å². The highest BCUT2D eigenvalue weighted by molar-refractivity contribution is 5.79. The highest BCUT2D eigenvalue weighted by Gasteiger charge is 2.08. The molecule has 1 amide bonds. The zero-order valence-electron chi connectivity index (χ0n) is 11.5. The maximum absolute atomic E-state index is 11.9. The largest absolute Gasteiger partial charge is 0.508 e. The number of nitrogens with zero attached hydrogens (tertiary/aromatic N) is 1. The Morgan fingerprint density at radius 1 is 1.20 bits per heavy atom. The molecule has 1 aromatic carbocycles. The molecule has 1 heterocycles. The molecule has 0 unspecified atom stereocenters. The first kappa shape index (κ1) is 14.1. The molecule has 4 heteroatoms. The zero-order valence-corrected chi connectivity index (χ0v) is 11.5. The van der Waals surface area contributed by atoms with Crippen molar-refractivity contribution >= 4 is 5.91 Å². The number of nitrogens with one attached hydrogen (secondary N) is 1. The van der Waals surface area contributed by atoms with Crippen molar-refractivity contribution in [3.63, 3.8) is 0 Å². The fourth-order valence-electron chi connectivity index (χ4n) is 2.03. The van der Waals surface area contributed by atoms with Gasteiger partial charge in [-0.05, 0) is 24.1 Å². The van der Waals surface area contributed by atoms with Gasteiger partial charge in [0.25, 0.3) is 0 Å². The van der Waals surface area contributed by atoms with E-state index in [4.69, 9.17) is 0 Å². The van der Waals surface area contributed by atoms with Crippen molar-refractivity contribution in [1.29, 1.82) is 0 Å². The molecule has 2 N–H and O–H groups in total. The first-order valence-electron chi connectivity index (χ1n) is 6.67. The van der Waals surface area contributed by atoms with Crippen molar-refractivity contribution in [2.75, 3.05) is 0 Å². The number of hydrogen-bond acceptors (Lipinski definition) is 3. The predicted molar refractivity (Wildman–Crippen MR) is 77.3 cm³/mol. The maximum Gasteiger partial charge on any atom is 0.224 e. The number of aromatic nitrogens is 1. The molecule has 2 aromatic rings. The zero-order chi connectivity index (χ0) is 14.4. The van der Waals surface area contributed by atoms with Crippen molar-refractivity contribution in [3.8, 4) is 5.75 Å². The van der Waals surface area contributed by atoms with Crippen LogP contribution < -0.4 is 5.32 Å². The van der Waals surface area contributed by atoms with E-state index in [1.807, 2.05) is 12.1 Å². The third-order valence-electron chi connectivity index (χ3n) is 3.16. The smallest absolute Gasteiger partial charge is 0.224 e. The van der Waals surface area contributed by atoms with Gasteiger partial charge in [0.15, 0.2) is 0 Å². The van der Waals surface area contributed by atoms with E-state index in [1.165, 1.54) is 0 Å². The van der Waals surface area contributed by atoms with Gasteiger partial charge in [-0.25, -0.2) is 0 Å². The van der Waals surface area contributed by atoms with Crippen molar-refractivity contribution < 1.29 is 9.90 Å². The minimum absolute atomic E-state index is 0.126. The minimum Gasteiger partial charge on any atom is -0.508 e. The molecular formula is C16H18N2O2. The molecule has 0 saturated heterocycles. The Labute approximate surface area is 118 Å².